The Labute approximate surface area is 199 Å². The summed E-state index contributed by atoms with van der Waals surface area (Å²) < 4.78 is 40.3. The fraction of sp³-hybridized carbons (Fsp3) is 0.423. The summed E-state index contributed by atoms with van der Waals surface area (Å²) in [7, 11) is 0. The van der Waals surface area contributed by atoms with Gasteiger partial charge >= 0.3 is 0 Å². The van der Waals surface area contributed by atoms with E-state index in [0.717, 1.165) is 11.3 Å². The molecule has 3 aromatic rings. The van der Waals surface area contributed by atoms with E-state index in [1.165, 1.54) is 24.3 Å². The first-order chi connectivity index (χ1) is 16.1. The number of hydrogen-bond donors (Lipinski definition) is 1. The average Bonchev–Trinajstić information content (AvgIpc) is 3.08. The molecule has 0 radical (unpaired) electrons. The lowest BCUT2D eigenvalue weighted by molar-refractivity contribution is -0.0137. The van der Waals surface area contributed by atoms with Crippen molar-refractivity contribution in [1.82, 2.24) is 14.7 Å². The summed E-state index contributed by atoms with van der Waals surface area (Å²) in [5, 5.41) is 15.2. The van der Waals surface area contributed by atoms with Crippen molar-refractivity contribution in [2.45, 2.75) is 59.4 Å². The molecule has 1 heterocycles. The third kappa shape index (κ3) is 6.85. The van der Waals surface area contributed by atoms with Gasteiger partial charge in [0.1, 0.15) is 17.4 Å². The smallest absolute Gasteiger partial charge is 0.227 e. The summed E-state index contributed by atoms with van der Waals surface area (Å²) in [6, 6.07) is 11.8. The molecule has 0 saturated heterocycles. The lowest BCUT2D eigenvalue weighted by Gasteiger charge is -2.29. The van der Waals surface area contributed by atoms with Crippen LogP contribution in [0.4, 0.5) is 8.78 Å². The minimum Gasteiger partial charge on any atom is -0.439 e. The van der Waals surface area contributed by atoms with Crippen LogP contribution < -0.4 is 4.74 Å². The summed E-state index contributed by atoms with van der Waals surface area (Å²) in [5.41, 5.74) is 2.19. The van der Waals surface area contributed by atoms with Gasteiger partial charge in [-0.2, -0.15) is 5.10 Å². The lowest BCUT2D eigenvalue weighted by atomic mass is 10.2. The fourth-order valence-corrected chi connectivity index (χ4v) is 3.48. The molecule has 1 atom stereocenters. The van der Waals surface area contributed by atoms with Crippen molar-refractivity contribution in [3.63, 3.8) is 0 Å². The normalized spacial score (nSPS) is 12.7. The first kappa shape index (κ1) is 25.8. The second kappa shape index (κ2) is 11.6. The van der Waals surface area contributed by atoms with Crippen LogP contribution in [0.15, 0.2) is 48.5 Å². The number of hydrogen-bond acceptors (Lipinski definition) is 5. The molecule has 0 fully saturated rings. The zero-order chi connectivity index (χ0) is 24.8. The van der Waals surface area contributed by atoms with Crippen molar-refractivity contribution < 1.29 is 23.4 Å². The molecule has 0 aliphatic carbocycles. The fourth-order valence-electron chi connectivity index (χ4n) is 3.48. The van der Waals surface area contributed by atoms with Gasteiger partial charge in [-0.05, 0) is 83.1 Å². The highest BCUT2D eigenvalue weighted by Gasteiger charge is 2.24. The maximum absolute atomic E-state index is 13.5. The van der Waals surface area contributed by atoms with Crippen molar-refractivity contribution in [2.75, 3.05) is 13.2 Å². The van der Waals surface area contributed by atoms with Gasteiger partial charge in [-0.15, -0.1) is 0 Å². The molecule has 184 valence electrons. The van der Waals surface area contributed by atoms with Crippen LogP contribution in [0.2, 0.25) is 0 Å². The first-order valence-corrected chi connectivity index (χ1v) is 11.5. The van der Waals surface area contributed by atoms with Gasteiger partial charge < -0.3 is 14.6 Å². The van der Waals surface area contributed by atoms with Crippen molar-refractivity contribution in [3.8, 4) is 17.3 Å². The number of benzene rings is 2. The highest BCUT2D eigenvalue weighted by atomic mass is 19.1. The van der Waals surface area contributed by atoms with E-state index in [9.17, 15) is 13.9 Å². The van der Waals surface area contributed by atoms with Crippen molar-refractivity contribution >= 4 is 0 Å². The van der Waals surface area contributed by atoms with E-state index in [-0.39, 0.29) is 30.4 Å². The maximum atomic E-state index is 13.5. The van der Waals surface area contributed by atoms with Gasteiger partial charge in [0.2, 0.25) is 5.88 Å². The molecule has 0 aliphatic heterocycles. The van der Waals surface area contributed by atoms with Gasteiger partial charge in [0.15, 0.2) is 0 Å². The molecule has 3 rings (SSSR count). The van der Waals surface area contributed by atoms with Crippen molar-refractivity contribution in [1.29, 1.82) is 0 Å². The van der Waals surface area contributed by atoms with Crippen LogP contribution in [0.25, 0.3) is 5.69 Å². The molecule has 8 heteroatoms. The number of aliphatic hydroxyl groups is 1. The molecule has 0 aliphatic rings. The molecular weight excluding hydrogens is 440 g/mol. The highest BCUT2D eigenvalue weighted by Crippen LogP contribution is 2.32. The Balaban J connectivity index is 1.95. The van der Waals surface area contributed by atoms with E-state index in [4.69, 9.17) is 9.47 Å². The second-order valence-corrected chi connectivity index (χ2v) is 8.87. The van der Waals surface area contributed by atoms with E-state index < -0.39 is 6.10 Å². The predicted octanol–water partition coefficient (Wildman–Crippen LogP) is 5.25. The molecule has 0 unspecified atom stereocenters. The van der Waals surface area contributed by atoms with Gasteiger partial charge in [0.05, 0.1) is 35.8 Å². The Bertz CT molecular complexity index is 1050. The topological polar surface area (TPSA) is 59.8 Å². The molecule has 2 aromatic carbocycles. The highest BCUT2D eigenvalue weighted by molar-refractivity contribution is 5.43. The van der Waals surface area contributed by atoms with Gasteiger partial charge in [0.25, 0.3) is 0 Å². The van der Waals surface area contributed by atoms with E-state index in [2.05, 4.69) is 23.8 Å². The maximum Gasteiger partial charge on any atom is 0.227 e. The minimum atomic E-state index is -0.654. The van der Waals surface area contributed by atoms with Crippen LogP contribution in [0.1, 0.15) is 39.0 Å². The monoisotopic (exact) mass is 473 g/mol. The first-order valence-electron chi connectivity index (χ1n) is 11.5. The molecule has 0 bridgehead atoms. The Morgan fingerprint density at radius 3 is 2.12 bits per heavy atom. The largest absolute Gasteiger partial charge is 0.439 e. The van der Waals surface area contributed by atoms with Gasteiger partial charge in [0, 0.05) is 19.1 Å². The van der Waals surface area contributed by atoms with Crippen LogP contribution in [-0.2, 0) is 11.3 Å². The standard InChI is InChI=1S/C26H33F2N3O3/c1-17(2)30(14-23(32)16-33-18(3)4)15-25-19(5)29-31(22-10-6-20(27)7-11-22)26(25)34-24-12-8-21(28)9-13-24/h6-13,17-18,23,32H,14-16H2,1-5H3/t23-/m0/s1. The number of aromatic nitrogens is 2. The van der Waals surface area contributed by atoms with Crippen LogP contribution in [-0.4, -0.2) is 51.2 Å². The quantitative estimate of drug-likeness (QED) is 0.412. The Kier molecular flexibility index (Phi) is 8.77. The van der Waals surface area contributed by atoms with E-state index in [0.29, 0.717) is 30.4 Å². The predicted molar refractivity (Wildman–Crippen MR) is 127 cm³/mol. The van der Waals surface area contributed by atoms with Crippen molar-refractivity contribution in [3.05, 3.63) is 71.4 Å². The molecule has 0 spiro atoms. The number of halogens is 2. The number of nitrogens with zero attached hydrogens (tertiary/aromatic N) is 3. The molecule has 0 amide bonds. The van der Waals surface area contributed by atoms with E-state index in [1.807, 2.05) is 20.8 Å². The summed E-state index contributed by atoms with van der Waals surface area (Å²) in [6.07, 6.45) is -0.618. The minimum absolute atomic E-state index is 0.0362. The van der Waals surface area contributed by atoms with Gasteiger partial charge in [-0.1, -0.05) is 0 Å². The van der Waals surface area contributed by atoms with Crippen molar-refractivity contribution in [2.24, 2.45) is 0 Å². The van der Waals surface area contributed by atoms with Gasteiger partial charge in [-0.25, -0.2) is 13.5 Å². The summed E-state index contributed by atoms with van der Waals surface area (Å²) >= 11 is 0. The van der Waals surface area contributed by atoms with Crippen LogP contribution in [0.3, 0.4) is 0 Å². The Morgan fingerprint density at radius 2 is 1.56 bits per heavy atom. The lowest BCUT2D eigenvalue weighted by Crippen LogP contribution is -2.39. The van der Waals surface area contributed by atoms with Crippen LogP contribution in [0, 0.1) is 18.6 Å². The third-order valence-electron chi connectivity index (χ3n) is 5.40. The zero-order valence-electron chi connectivity index (χ0n) is 20.3. The SMILES string of the molecule is Cc1nn(-c2ccc(F)cc2)c(Oc2ccc(F)cc2)c1CN(C[C@H](O)COC(C)C)C(C)C. The number of ether oxygens (including phenoxy) is 2. The number of aliphatic hydroxyl groups excluding tert-OH is 1. The molecule has 34 heavy (non-hydrogen) atoms. The van der Waals surface area contributed by atoms with Crippen LogP contribution in [0.5, 0.6) is 11.6 Å². The molecule has 6 nitrogen and oxygen atoms in total. The van der Waals surface area contributed by atoms with Gasteiger partial charge in [-0.3, -0.25) is 4.90 Å². The van der Waals surface area contributed by atoms with E-state index in [1.54, 1.807) is 28.9 Å². The second-order valence-electron chi connectivity index (χ2n) is 8.87. The number of rotatable bonds is 11. The molecular formula is C26H33F2N3O3. The molecule has 0 saturated carbocycles. The summed E-state index contributed by atoms with van der Waals surface area (Å²) in [4.78, 5) is 2.12. The van der Waals surface area contributed by atoms with E-state index >= 15 is 0 Å². The summed E-state index contributed by atoms with van der Waals surface area (Å²) in [5.74, 6) is 0.193. The molecule has 1 N–H and O–H groups in total. The third-order valence-corrected chi connectivity index (χ3v) is 5.40. The molecule has 1 aromatic heterocycles. The Morgan fingerprint density at radius 1 is 0.971 bits per heavy atom. The Hall–Kier alpha value is -2.81. The number of aryl methyl sites for hydroxylation is 1. The average molecular weight is 474 g/mol. The van der Waals surface area contributed by atoms with Crippen LogP contribution >= 0.6 is 0 Å². The summed E-state index contributed by atoms with van der Waals surface area (Å²) in [6.45, 7) is 10.9. The zero-order valence-corrected chi connectivity index (χ0v) is 20.3.